The van der Waals surface area contributed by atoms with Gasteiger partial charge in [-0.2, -0.15) is 0 Å². The summed E-state index contributed by atoms with van der Waals surface area (Å²) in [5.41, 5.74) is 0.635. The minimum atomic E-state index is -0.879. The van der Waals surface area contributed by atoms with E-state index in [-0.39, 0.29) is 24.5 Å². The zero-order chi connectivity index (χ0) is 13.3. The molecule has 0 heterocycles. The molecule has 0 aromatic heterocycles. The van der Waals surface area contributed by atoms with Crippen LogP contribution in [0.15, 0.2) is 18.2 Å². The molecule has 1 aliphatic carbocycles. The van der Waals surface area contributed by atoms with Crippen LogP contribution in [0.25, 0.3) is 0 Å². The number of esters is 1. The number of benzene rings is 1. The van der Waals surface area contributed by atoms with Gasteiger partial charge in [0.2, 0.25) is 0 Å². The van der Waals surface area contributed by atoms with E-state index in [1.54, 1.807) is 12.1 Å². The molecule has 0 N–H and O–H groups in total. The number of hydrogen-bond acceptors (Lipinski definition) is 3. The number of carbonyl (C=O) groups excluding carboxylic acids is 2. The molecule has 2 rings (SSSR count). The number of Topliss-reactive ketones (excluding diaryl/α,β-unsaturated/α-hetero) is 1. The molecule has 0 fully saturated rings. The Balaban J connectivity index is 2.14. The second kappa shape index (κ2) is 4.88. The fraction of sp³-hybridized carbons (Fsp3) is 0.429. The molecule has 1 atom stereocenters. The highest BCUT2D eigenvalue weighted by Gasteiger charge is 2.38. The van der Waals surface area contributed by atoms with Crippen LogP contribution >= 0.6 is 0 Å². The number of halogens is 1. The molecular weight excluding hydrogens is 235 g/mol. The normalized spacial score (nSPS) is 18.0. The molecule has 0 aliphatic heterocycles. The van der Waals surface area contributed by atoms with Gasteiger partial charge in [0.05, 0.1) is 12.2 Å². The van der Waals surface area contributed by atoms with Crippen molar-refractivity contribution in [1.82, 2.24) is 0 Å². The van der Waals surface area contributed by atoms with Gasteiger partial charge in [-0.15, -0.1) is 0 Å². The second-order valence-electron chi connectivity index (χ2n) is 4.92. The summed E-state index contributed by atoms with van der Waals surface area (Å²) >= 11 is 0. The van der Waals surface area contributed by atoms with Crippen LogP contribution in [-0.4, -0.2) is 18.4 Å². The molecule has 0 radical (unpaired) electrons. The van der Waals surface area contributed by atoms with Crippen molar-refractivity contribution in [2.75, 3.05) is 6.61 Å². The minimum absolute atomic E-state index is 0.0454. The van der Waals surface area contributed by atoms with Gasteiger partial charge in [0.1, 0.15) is 11.7 Å². The minimum Gasteiger partial charge on any atom is -0.465 e. The van der Waals surface area contributed by atoms with Crippen molar-refractivity contribution in [1.29, 1.82) is 0 Å². The molecule has 0 saturated carbocycles. The molecule has 0 amide bonds. The van der Waals surface area contributed by atoms with E-state index in [9.17, 15) is 14.0 Å². The van der Waals surface area contributed by atoms with E-state index in [1.807, 2.05) is 13.8 Å². The molecular formula is C14H15FO3. The zero-order valence-corrected chi connectivity index (χ0v) is 10.4. The maximum atomic E-state index is 13.5. The number of hydrogen-bond donors (Lipinski definition) is 0. The van der Waals surface area contributed by atoms with Crippen LogP contribution < -0.4 is 0 Å². The first-order valence-electron chi connectivity index (χ1n) is 5.99. The molecule has 96 valence electrons. The predicted octanol–water partition coefficient (Wildman–Crippen LogP) is 2.38. The summed E-state index contributed by atoms with van der Waals surface area (Å²) in [4.78, 5) is 23.7. The van der Waals surface area contributed by atoms with Crippen molar-refractivity contribution in [2.24, 2.45) is 11.8 Å². The van der Waals surface area contributed by atoms with E-state index < -0.39 is 23.5 Å². The SMILES string of the molecule is CC(C)COC(=O)C1Cc2cccc(F)c2C1=O. The highest BCUT2D eigenvalue weighted by molar-refractivity contribution is 6.12. The van der Waals surface area contributed by atoms with E-state index in [1.165, 1.54) is 6.07 Å². The van der Waals surface area contributed by atoms with Crippen LogP contribution in [0, 0.1) is 17.7 Å². The molecule has 4 heteroatoms. The lowest BCUT2D eigenvalue weighted by atomic mass is 10.1. The quantitative estimate of drug-likeness (QED) is 0.611. The van der Waals surface area contributed by atoms with Crippen LogP contribution in [0.4, 0.5) is 4.39 Å². The topological polar surface area (TPSA) is 43.4 Å². The molecule has 0 bridgehead atoms. The number of fused-ring (bicyclic) bond motifs is 1. The van der Waals surface area contributed by atoms with E-state index in [2.05, 4.69) is 0 Å². The average molecular weight is 250 g/mol. The lowest BCUT2D eigenvalue weighted by molar-refractivity contribution is -0.147. The van der Waals surface area contributed by atoms with Gasteiger partial charge >= 0.3 is 5.97 Å². The van der Waals surface area contributed by atoms with Gasteiger partial charge in [0.25, 0.3) is 0 Å². The Labute approximate surface area is 105 Å². The average Bonchev–Trinajstić information content (AvgIpc) is 2.65. The van der Waals surface area contributed by atoms with E-state index >= 15 is 0 Å². The summed E-state index contributed by atoms with van der Waals surface area (Å²) in [6, 6.07) is 4.45. The first-order chi connectivity index (χ1) is 8.50. The van der Waals surface area contributed by atoms with Crippen LogP contribution in [0.3, 0.4) is 0 Å². The molecule has 0 saturated heterocycles. The Morgan fingerprint density at radius 2 is 2.22 bits per heavy atom. The Hall–Kier alpha value is -1.71. The summed E-state index contributed by atoms with van der Waals surface area (Å²) < 4.78 is 18.6. The van der Waals surface area contributed by atoms with Crippen LogP contribution in [0.1, 0.15) is 29.8 Å². The lowest BCUT2D eigenvalue weighted by Gasteiger charge is -2.10. The number of carbonyl (C=O) groups is 2. The van der Waals surface area contributed by atoms with Gasteiger partial charge in [0, 0.05) is 0 Å². The van der Waals surface area contributed by atoms with Gasteiger partial charge in [-0.1, -0.05) is 26.0 Å². The second-order valence-corrected chi connectivity index (χ2v) is 4.92. The Bertz CT molecular complexity index is 494. The predicted molar refractivity (Wildman–Crippen MR) is 63.7 cm³/mol. The number of rotatable bonds is 3. The van der Waals surface area contributed by atoms with E-state index in [4.69, 9.17) is 4.74 Å². The molecule has 1 aromatic rings. The Morgan fingerprint density at radius 3 is 2.83 bits per heavy atom. The molecule has 0 spiro atoms. The van der Waals surface area contributed by atoms with Crippen molar-refractivity contribution >= 4 is 11.8 Å². The molecule has 1 aromatic carbocycles. The standard InChI is InChI=1S/C14H15FO3/c1-8(2)7-18-14(17)10-6-9-4-3-5-11(15)12(9)13(10)16/h3-5,8,10H,6-7H2,1-2H3. The van der Waals surface area contributed by atoms with Gasteiger partial charge in [-0.25, -0.2) is 4.39 Å². The smallest absolute Gasteiger partial charge is 0.317 e. The highest BCUT2D eigenvalue weighted by atomic mass is 19.1. The molecule has 1 aliphatic rings. The molecule has 18 heavy (non-hydrogen) atoms. The highest BCUT2D eigenvalue weighted by Crippen LogP contribution is 2.29. The van der Waals surface area contributed by atoms with Crippen molar-refractivity contribution in [3.63, 3.8) is 0 Å². The third-order valence-electron chi connectivity index (χ3n) is 2.93. The van der Waals surface area contributed by atoms with Crippen molar-refractivity contribution in [3.8, 4) is 0 Å². The zero-order valence-electron chi connectivity index (χ0n) is 10.4. The fourth-order valence-electron chi connectivity index (χ4n) is 2.04. The van der Waals surface area contributed by atoms with Crippen LogP contribution in [0.2, 0.25) is 0 Å². The van der Waals surface area contributed by atoms with E-state index in [0.29, 0.717) is 5.56 Å². The number of ketones is 1. The van der Waals surface area contributed by atoms with Gasteiger partial charge < -0.3 is 4.74 Å². The Morgan fingerprint density at radius 1 is 1.50 bits per heavy atom. The van der Waals surface area contributed by atoms with Crippen LogP contribution in [-0.2, 0) is 16.0 Å². The van der Waals surface area contributed by atoms with Gasteiger partial charge in [-0.05, 0) is 24.0 Å². The van der Waals surface area contributed by atoms with E-state index in [0.717, 1.165) is 0 Å². The van der Waals surface area contributed by atoms with Gasteiger partial charge in [0.15, 0.2) is 5.78 Å². The monoisotopic (exact) mass is 250 g/mol. The summed E-state index contributed by atoms with van der Waals surface area (Å²) in [6.07, 6.45) is 0.239. The lowest BCUT2D eigenvalue weighted by Crippen LogP contribution is -2.24. The summed E-state index contributed by atoms with van der Waals surface area (Å²) in [6.45, 7) is 4.11. The van der Waals surface area contributed by atoms with Crippen molar-refractivity contribution in [2.45, 2.75) is 20.3 Å². The maximum absolute atomic E-state index is 13.5. The third kappa shape index (κ3) is 2.28. The summed E-state index contributed by atoms with van der Waals surface area (Å²) in [5.74, 6) is -2.24. The Kier molecular flexibility index (Phi) is 3.45. The third-order valence-corrected chi connectivity index (χ3v) is 2.93. The summed E-state index contributed by atoms with van der Waals surface area (Å²) in [7, 11) is 0. The largest absolute Gasteiger partial charge is 0.465 e. The molecule has 1 unspecified atom stereocenters. The molecule has 3 nitrogen and oxygen atoms in total. The first-order valence-corrected chi connectivity index (χ1v) is 5.99. The summed E-state index contributed by atoms with van der Waals surface area (Å²) in [5, 5.41) is 0. The van der Waals surface area contributed by atoms with Crippen molar-refractivity contribution < 1.29 is 18.7 Å². The van der Waals surface area contributed by atoms with Crippen LogP contribution in [0.5, 0.6) is 0 Å². The van der Waals surface area contributed by atoms with Crippen molar-refractivity contribution in [3.05, 3.63) is 35.1 Å². The fourth-order valence-corrected chi connectivity index (χ4v) is 2.04. The maximum Gasteiger partial charge on any atom is 0.317 e. The number of ether oxygens (including phenoxy) is 1. The first kappa shape index (κ1) is 12.7. The van der Waals surface area contributed by atoms with Gasteiger partial charge in [-0.3, -0.25) is 9.59 Å².